The minimum absolute atomic E-state index is 0.434. The fourth-order valence-corrected chi connectivity index (χ4v) is 5.66. The van der Waals surface area contributed by atoms with Gasteiger partial charge in [-0.3, -0.25) is 0 Å². The third-order valence-corrected chi connectivity index (χ3v) is 7.86. The number of aryl methyl sites for hydroxylation is 1. The van der Waals surface area contributed by atoms with Gasteiger partial charge in [0.1, 0.15) is 0 Å². The molecule has 2 saturated carbocycles. The van der Waals surface area contributed by atoms with Crippen molar-refractivity contribution in [2.24, 2.45) is 17.3 Å². The lowest BCUT2D eigenvalue weighted by atomic mass is 9.69. The van der Waals surface area contributed by atoms with E-state index in [0.29, 0.717) is 5.41 Å². The van der Waals surface area contributed by atoms with Crippen molar-refractivity contribution in [1.82, 2.24) is 0 Å². The number of rotatable bonds is 13. The zero-order chi connectivity index (χ0) is 22.5. The monoisotopic (exact) mass is 434 g/mol. The highest BCUT2D eigenvalue weighted by Gasteiger charge is 2.29. The zero-order valence-electron chi connectivity index (χ0n) is 20.4. The normalized spacial score (nSPS) is 23.2. The summed E-state index contributed by atoms with van der Waals surface area (Å²) in [4.78, 5) is 0. The van der Waals surface area contributed by atoms with Crippen molar-refractivity contribution in [1.29, 1.82) is 0 Å². The molecule has 0 unspecified atom stereocenters. The molecular formula is C31H46O. The van der Waals surface area contributed by atoms with Crippen LogP contribution < -0.4 is 0 Å². The molecule has 0 amide bonds. The van der Waals surface area contributed by atoms with Crippen LogP contribution in [0.2, 0.25) is 0 Å². The Labute approximate surface area is 198 Å². The summed E-state index contributed by atoms with van der Waals surface area (Å²) in [5.41, 5.74) is 3.19. The maximum absolute atomic E-state index is 5.78. The molecule has 1 nitrogen and oxygen atoms in total. The minimum atomic E-state index is 0.434. The number of hydrogen-bond acceptors (Lipinski definition) is 1. The Hall–Kier alpha value is -1.60. The molecule has 1 aromatic carbocycles. The van der Waals surface area contributed by atoms with E-state index < -0.39 is 0 Å². The van der Waals surface area contributed by atoms with Gasteiger partial charge < -0.3 is 4.74 Å². The average molecular weight is 435 g/mol. The van der Waals surface area contributed by atoms with Gasteiger partial charge in [0.15, 0.2) is 0 Å². The lowest BCUT2D eigenvalue weighted by molar-refractivity contribution is 0.119. The van der Waals surface area contributed by atoms with Crippen LogP contribution in [0.4, 0.5) is 0 Å². The molecule has 2 fully saturated rings. The topological polar surface area (TPSA) is 9.23 Å². The van der Waals surface area contributed by atoms with Gasteiger partial charge in [0.25, 0.3) is 0 Å². The highest BCUT2D eigenvalue weighted by molar-refractivity contribution is 5.22. The quantitative estimate of drug-likeness (QED) is 0.222. The summed E-state index contributed by atoms with van der Waals surface area (Å²) in [7, 11) is 0. The average Bonchev–Trinajstić information content (AvgIpc) is 2.84. The Balaban J connectivity index is 1.48. The molecule has 0 spiro atoms. The van der Waals surface area contributed by atoms with Gasteiger partial charge >= 0.3 is 0 Å². The van der Waals surface area contributed by atoms with Crippen LogP contribution in [0.5, 0.6) is 0 Å². The van der Waals surface area contributed by atoms with Crippen LogP contribution in [0, 0.1) is 17.3 Å². The molecule has 1 heteroatoms. The number of benzene rings is 1. The molecule has 0 heterocycles. The van der Waals surface area contributed by atoms with Crippen LogP contribution in [-0.2, 0) is 17.8 Å². The first-order valence-corrected chi connectivity index (χ1v) is 13.3. The molecule has 0 N–H and O–H groups in total. The molecular weight excluding hydrogens is 388 g/mol. The predicted octanol–water partition coefficient (Wildman–Crippen LogP) is 8.99. The van der Waals surface area contributed by atoms with Gasteiger partial charge in [-0.15, -0.1) is 13.2 Å². The van der Waals surface area contributed by atoms with Gasteiger partial charge in [-0.25, -0.2) is 0 Å². The van der Waals surface area contributed by atoms with Crippen LogP contribution in [0.25, 0.3) is 0 Å². The maximum Gasteiger partial charge on any atom is 0.0716 e. The third-order valence-electron chi connectivity index (χ3n) is 7.86. The number of allylic oxidation sites excluding steroid dienone is 4. The van der Waals surface area contributed by atoms with E-state index in [1.807, 2.05) is 6.08 Å². The SMILES string of the molecule is C=CCCCOCc1ccc(CCC2(/C=C/C3CCC(CC=C)CC3)CCCCC2)cc1. The Kier molecular flexibility index (Phi) is 10.8. The molecule has 0 aromatic heterocycles. The van der Waals surface area contributed by atoms with Crippen LogP contribution in [0.15, 0.2) is 61.7 Å². The Bertz CT molecular complexity index is 684. The first-order valence-electron chi connectivity index (χ1n) is 13.3. The van der Waals surface area contributed by atoms with Crippen molar-refractivity contribution in [3.05, 3.63) is 72.9 Å². The lowest BCUT2D eigenvalue weighted by Gasteiger charge is -2.36. The van der Waals surface area contributed by atoms with Gasteiger partial charge in [0.05, 0.1) is 6.61 Å². The summed E-state index contributed by atoms with van der Waals surface area (Å²) < 4.78 is 5.78. The highest BCUT2D eigenvalue weighted by atomic mass is 16.5. The summed E-state index contributed by atoms with van der Waals surface area (Å²) >= 11 is 0. The summed E-state index contributed by atoms with van der Waals surface area (Å²) in [6.07, 6.45) is 27.7. The molecule has 0 aliphatic heterocycles. The van der Waals surface area contributed by atoms with Gasteiger partial charge in [0, 0.05) is 6.61 Å². The van der Waals surface area contributed by atoms with Gasteiger partial charge in [0.2, 0.25) is 0 Å². The predicted molar refractivity (Wildman–Crippen MR) is 139 cm³/mol. The molecule has 32 heavy (non-hydrogen) atoms. The molecule has 0 bridgehead atoms. The zero-order valence-corrected chi connectivity index (χ0v) is 20.4. The smallest absolute Gasteiger partial charge is 0.0716 e. The van der Waals surface area contributed by atoms with E-state index in [2.05, 4.69) is 55.7 Å². The lowest BCUT2D eigenvalue weighted by Crippen LogP contribution is -2.23. The van der Waals surface area contributed by atoms with E-state index in [0.717, 1.165) is 37.9 Å². The fourth-order valence-electron chi connectivity index (χ4n) is 5.66. The van der Waals surface area contributed by atoms with E-state index >= 15 is 0 Å². The van der Waals surface area contributed by atoms with E-state index in [9.17, 15) is 0 Å². The van der Waals surface area contributed by atoms with Crippen molar-refractivity contribution < 1.29 is 4.74 Å². The van der Waals surface area contributed by atoms with Crippen molar-refractivity contribution in [3.63, 3.8) is 0 Å². The summed E-state index contributed by atoms with van der Waals surface area (Å²) in [5.74, 6) is 1.70. The Morgan fingerprint density at radius 2 is 1.62 bits per heavy atom. The number of unbranched alkanes of at least 4 members (excludes halogenated alkanes) is 1. The second kappa shape index (κ2) is 13.8. The van der Waals surface area contributed by atoms with Crippen molar-refractivity contribution in [2.45, 2.75) is 96.5 Å². The van der Waals surface area contributed by atoms with E-state index in [4.69, 9.17) is 4.74 Å². The summed E-state index contributed by atoms with van der Waals surface area (Å²) in [6, 6.07) is 9.16. The van der Waals surface area contributed by atoms with Crippen LogP contribution in [0.1, 0.15) is 94.6 Å². The molecule has 0 atom stereocenters. The van der Waals surface area contributed by atoms with Crippen molar-refractivity contribution >= 4 is 0 Å². The summed E-state index contributed by atoms with van der Waals surface area (Å²) in [5, 5.41) is 0. The molecule has 2 aliphatic carbocycles. The van der Waals surface area contributed by atoms with Gasteiger partial charge in [-0.05, 0) is 99.0 Å². The molecule has 2 aliphatic rings. The van der Waals surface area contributed by atoms with Crippen LogP contribution in [0.3, 0.4) is 0 Å². The second-order valence-electron chi connectivity index (χ2n) is 10.4. The van der Waals surface area contributed by atoms with E-state index in [1.54, 1.807) is 0 Å². The molecule has 0 saturated heterocycles. The van der Waals surface area contributed by atoms with Crippen LogP contribution >= 0.6 is 0 Å². The van der Waals surface area contributed by atoms with E-state index in [-0.39, 0.29) is 0 Å². The van der Waals surface area contributed by atoms with Crippen molar-refractivity contribution in [3.8, 4) is 0 Å². The largest absolute Gasteiger partial charge is 0.377 e. The number of hydrogen-bond donors (Lipinski definition) is 0. The summed E-state index contributed by atoms with van der Waals surface area (Å²) in [6.45, 7) is 9.23. The second-order valence-corrected chi connectivity index (χ2v) is 10.4. The van der Waals surface area contributed by atoms with Gasteiger partial charge in [-0.1, -0.05) is 67.8 Å². The van der Waals surface area contributed by atoms with Crippen molar-refractivity contribution in [2.75, 3.05) is 6.61 Å². The number of ether oxygens (including phenoxy) is 1. The molecule has 0 radical (unpaired) electrons. The fraction of sp³-hybridized carbons (Fsp3) is 0.613. The first kappa shape index (κ1) is 25.0. The Morgan fingerprint density at radius 3 is 2.31 bits per heavy atom. The molecule has 176 valence electrons. The minimum Gasteiger partial charge on any atom is -0.377 e. The van der Waals surface area contributed by atoms with E-state index in [1.165, 1.54) is 88.2 Å². The maximum atomic E-state index is 5.78. The highest BCUT2D eigenvalue weighted by Crippen LogP contribution is 2.42. The molecule has 3 rings (SSSR count). The third kappa shape index (κ3) is 8.39. The van der Waals surface area contributed by atoms with Crippen LogP contribution in [-0.4, -0.2) is 6.61 Å². The van der Waals surface area contributed by atoms with Gasteiger partial charge in [-0.2, -0.15) is 0 Å². The Morgan fingerprint density at radius 1 is 0.906 bits per heavy atom. The molecule has 1 aromatic rings. The first-order chi connectivity index (χ1) is 15.7. The standard InChI is InChI=1S/C31H46O/c1-3-5-9-25-32-26-30-17-15-29(16-18-30)20-24-31(21-7-6-8-22-31)23-19-28-13-11-27(10-4-2)12-14-28/h3-4,15-19,23,27-28H,1-2,5-14,20-22,24-26H2/b23-19+.